The van der Waals surface area contributed by atoms with Gasteiger partial charge in [0.25, 0.3) is 5.91 Å². The second kappa shape index (κ2) is 11.5. The smallest absolute Gasteiger partial charge is 0.410 e. The number of nitrogens with one attached hydrogen (secondary N) is 2. The van der Waals surface area contributed by atoms with Crippen LogP contribution in [0.5, 0.6) is 5.75 Å². The van der Waals surface area contributed by atoms with Gasteiger partial charge in [-0.05, 0) is 73.8 Å². The molecule has 3 heterocycles. The number of anilines is 1. The van der Waals surface area contributed by atoms with Crippen molar-refractivity contribution in [2.45, 2.75) is 44.3 Å². The molecule has 0 spiro atoms. The summed E-state index contributed by atoms with van der Waals surface area (Å²) in [5.74, 6) is 0.850. The van der Waals surface area contributed by atoms with E-state index in [-0.39, 0.29) is 36.6 Å². The Bertz CT molecular complexity index is 1170. The van der Waals surface area contributed by atoms with Crippen LogP contribution in [0.3, 0.4) is 0 Å². The first-order valence-corrected chi connectivity index (χ1v) is 13.6. The van der Waals surface area contributed by atoms with Crippen molar-refractivity contribution in [3.63, 3.8) is 0 Å². The Hall–Kier alpha value is -3.52. The number of benzene rings is 2. The van der Waals surface area contributed by atoms with E-state index in [1.807, 2.05) is 35.2 Å². The summed E-state index contributed by atoms with van der Waals surface area (Å²) < 4.78 is 10.8. The lowest BCUT2D eigenvalue weighted by atomic mass is 9.79. The Balaban J connectivity index is 1.42. The van der Waals surface area contributed by atoms with E-state index < -0.39 is 0 Å². The van der Waals surface area contributed by atoms with Crippen LogP contribution in [0.15, 0.2) is 55.1 Å². The summed E-state index contributed by atoms with van der Waals surface area (Å²) in [5, 5.41) is 6.86. The van der Waals surface area contributed by atoms with Gasteiger partial charge in [-0.1, -0.05) is 31.7 Å². The Morgan fingerprint density at radius 3 is 2.71 bits per heavy atom. The first-order valence-electron chi connectivity index (χ1n) is 13.6. The van der Waals surface area contributed by atoms with Crippen molar-refractivity contribution in [1.82, 2.24) is 15.1 Å². The number of carbonyl (C=O) groups excluding carboxylic acids is 2. The van der Waals surface area contributed by atoms with Crippen LogP contribution in [0.2, 0.25) is 0 Å². The molecule has 8 nitrogen and oxygen atoms in total. The van der Waals surface area contributed by atoms with Gasteiger partial charge >= 0.3 is 6.09 Å². The summed E-state index contributed by atoms with van der Waals surface area (Å²) in [6, 6.07) is 14.1. The number of nitrogens with zero attached hydrogens (tertiary/aromatic N) is 2. The molecule has 2 aromatic carbocycles. The van der Waals surface area contributed by atoms with Crippen molar-refractivity contribution >= 4 is 17.7 Å². The molecule has 0 aromatic heterocycles. The molecule has 2 amide bonds. The van der Waals surface area contributed by atoms with E-state index >= 15 is 0 Å². The van der Waals surface area contributed by atoms with E-state index in [9.17, 15) is 9.59 Å². The third-order valence-corrected chi connectivity index (χ3v) is 8.25. The molecular formula is C30H38N4O4. The molecule has 3 aliphatic heterocycles. The molecular weight excluding hydrogens is 480 g/mol. The average Bonchev–Trinajstić information content (AvgIpc) is 3.61. The molecule has 2 aromatic rings. The van der Waals surface area contributed by atoms with Crippen LogP contribution in [-0.2, 0) is 4.74 Å². The van der Waals surface area contributed by atoms with Gasteiger partial charge in [0.15, 0.2) is 0 Å². The lowest BCUT2D eigenvalue weighted by molar-refractivity contribution is 0.0941. The number of ether oxygens (including phenoxy) is 2. The lowest BCUT2D eigenvalue weighted by Gasteiger charge is -2.40. The minimum atomic E-state index is -0.352. The molecule has 2 fully saturated rings. The van der Waals surface area contributed by atoms with E-state index in [0.717, 1.165) is 48.5 Å². The maximum Gasteiger partial charge on any atom is 0.410 e. The van der Waals surface area contributed by atoms with Gasteiger partial charge in [-0.25, -0.2) is 4.79 Å². The summed E-state index contributed by atoms with van der Waals surface area (Å²) in [6.07, 6.45) is 4.33. The highest BCUT2D eigenvalue weighted by Crippen LogP contribution is 2.51. The number of amides is 2. The standard InChI is InChI=1S/C30H38N4O4/c1-4-17-38-30(36)34-16-14-24-27(20-8-11-23(37-3)12-9-20)32-26-13-10-21(18-25(26)28(24)34)29(35)31-19-22-7-6-15-33(22)5-2/h4,8-13,18,22,24,27-28,32H,1,5-7,14-17,19H2,2-3H3,(H,31,35)/t22?,24-,27?,28-/m0/s1. The molecule has 2 unspecified atom stereocenters. The van der Waals surface area contributed by atoms with E-state index in [0.29, 0.717) is 24.7 Å². The van der Waals surface area contributed by atoms with Gasteiger partial charge in [-0.2, -0.15) is 0 Å². The van der Waals surface area contributed by atoms with Crippen LogP contribution in [0.25, 0.3) is 0 Å². The monoisotopic (exact) mass is 518 g/mol. The number of carbonyl (C=O) groups is 2. The minimum absolute atomic E-state index is 0.0117. The Labute approximate surface area is 225 Å². The molecule has 4 atom stereocenters. The summed E-state index contributed by atoms with van der Waals surface area (Å²) in [5.41, 5.74) is 3.63. The van der Waals surface area contributed by atoms with Crippen molar-refractivity contribution in [1.29, 1.82) is 0 Å². The normalized spacial score (nSPS) is 24.2. The van der Waals surface area contributed by atoms with E-state index in [1.165, 1.54) is 6.42 Å². The van der Waals surface area contributed by atoms with Crippen LogP contribution in [0, 0.1) is 5.92 Å². The molecule has 0 radical (unpaired) electrons. The number of fused-ring (bicyclic) bond motifs is 3. The molecule has 8 heteroatoms. The van der Waals surface area contributed by atoms with Crippen molar-refractivity contribution in [2.75, 3.05) is 45.2 Å². The van der Waals surface area contributed by atoms with Crippen LogP contribution < -0.4 is 15.4 Å². The zero-order valence-electron chi connectivity index (χ0n) is 22.3. The Kier molecular flexibility index (Phi) is 7.88. The predicted molar refractivity (Wildman–Crippen MR) is 148 cm³/mol. The quantitative estimate of drug-likeness (QED) is 0.491. The molecule has 202 valence electrons. The Morgan fingerprint density at radius 1 is 1.16 bits per heavy atom. The number of hydrogen-bond donors (Lipinski definition) is 2. The topological polar surface area (TPSA) is 83.1 Å². The fraction of sp³-hybridized carbons (Fsp3) is 0.467. The summed E-state index contributed by atoms with van der Waals surface area (Å²) in [6.45, 7) is 9.33. The predicted octanol–water partition coefficient (Wildman–Crippen LogP) is 4.76. The minimum Gasteiger partial charge on any atom is -0.497 e. The third-order valence-electron chi connectivity index (χ3n) is 8.25. The average molecular weight is 519 g/mol. The van der Waals surface area contributed by atoms with Gasteiger partial charge in [-0.15, -0.1) is 0 Å². The molecule has 0 saturated carbocycles. The van der Waals surface area contributed by atoms with Gasteiger partial charge in [0.2, 0.25) is 0 Å². The number of likely N-dealkylation sites (tertiary alicyclic amines) is 2. The maximum atomic E-state index is 13.2. The van der Waals surface area contributed by atoms with Crippen molar-refractivity contribution in [2.24, 2.45) is 5.92 Å². The first kappa shape index (κ1) is 26.1. The number of rotatable bonds is 8. The molecule has 0 bridgehead atoms. The third kappa shape index (κ3) is 5.10. The van der Waals surface area contributed by atoms with Crippen LogP contribution in [-0.4, -0.2) is 67.7 Å². The fourth-order valence-electron chi connectivity index (χ4n) is 6.33. The van der Waals surface area contributed by atoms with Crippen molar-refractivity contribution < 1.29 is 19.1 Å². The summed E-state index contributed by atoms with van der Waals surface area (Å²) in [7, 11) is 1.66. The van der Waals surface area contributed by atoms with Crippen LogP contribution >= 0.6 is 0 Å². The summed E-state index contributed by atoms with van der Waals surface area (Å²) in [4.78, 5) is 30.5. The largest absolute Gasteiger partial charge is 0.497 e. The second-order valence-corrected chi connectivity index (χ2v) is 10.3. The SMILES string of the molecule is C=CCOC(=O)N1CC[C@H]2C(c3ccc(OC)cc3)Nc3ccc(C(=O)NCC4CCCN4CC)cc3[C@H]21. The van der Waals surface area contributed by atoms with E-state index in [2.05, 4.69) is 41.2 Å². The molecule has 2 saturated heterocycles. The summed E-state index contributed by atoms with van der Waals surface area (Å²) >= 11 is 0. The highest BCUT2D eigenvalue weighted by Gasteiger charge is 2.47. The van der Waals surface area contributed by atoms with Crippen LogP contribution in [0.4, 0.5) is 10.5 Å². The zero-order valence-corrected chi connectivity index (χ0v) is 22.3. The molecule has 2 N–H and O–H groups in total. The maximum absolute atomic E-state index is 13.2. The van der Waals surface area contributed by atoms with Gasteiger partial charge in [-0.3, -0.25) is 9.69 Å². The van der Waals surface area contributed by atoms with Gasteiger partial charge in [0, 0.05) is 36.3 Å². The van der Waals surface area contributed by atoms with E-state index in [4.69, 9.17) is 9.47 Å². The van der Waals surface area contributed by atoms with Gasteiger partial charge in [0.05, 0.1) is 19.2 Å². The van der Waals surface area contributed by atoms with Crippen molar-refractivity contribution in [3.05, 3.63) is 71.8 Å². The van der Waals surface area contributed by atoms with Gasteiger partial charge in [0.1, 0.15) is 12.4 Å². The van der Waals surface area contributed by atoms with Crippen LogP contribution in [0.1, 0.15) is 59.8 Å². The Morgan fingerprint density at radius 2 is 1.97 bits per heavy atom. The zero-order chi connectivity index (χ0) is 26.6. The fourth-order valence-corrected chi connectivity index (χ4v) is 6.33. The van der Waals surface area contributed by atoms with Gasteiger partial charge < -0.3 is 25.0 Å². The molecule has 38 heavy (non-hydrogen) atoms. The molecule has 3 aliphatic rings. The lowest BCUT2D eigenvalue weighted by Crippen LogP contribution is -2.40. The van der Waals surface area contributed by atoms with Crippen molar-refractivity contribution in [3.8, 4) is 5.75 Å². The van der Waals surface area contributed by atoms with E-state index in [1.54, 1.807) is 13.2 Å². The number of likely N-dealkylation sites (N-methyl/N-ethyl adjacent to an activating group) is 1. The molecule has 5 rings (SSSR count). The number of methoxy groups -OCH3 is 1. The highest BCUT2D eigenvalue weighted by molar-refractivity contribution is 5.95. The number of hydrogen-bond acceptors (Lipinski definition) is 6. The highest BCUT2D eigenvalue weighted by atomic mass is 16.6. The first-order chi connectivity index (χ1) is 18.5. The molecule has 0 aliphatic carbocycles. The second-order valence-electron chi connectivity index (χ2n) is 10.3.